The van der Waals surface area contributed by atoms with Crippen molar-refractivity contribution < 1.29 is 24.2 Å². The van der Waals surface area contributed by atoms with Gasteiger partial charge in [0.25, 0.3) is 0 Å². The number of nitrogens with zero attached hydrogens (tertiary/aromatic N) is 1. The Kier molecular flexibility index (Phi) is 16.9. The molecule has 1 heterocycles. The monoisotopic (exact) mass is 388 g/mol. The molecule has 0 aromatic carbocycles. The molecule has 0 bridgehead atoms. The van der Waals surface area contributed by atoms with Crippen molar-refractivity contribution in [2.75, 3.05) is 33.3 Å². The van der Waals surface area contributed by atoms with Crippen LogP contribution >= 0.6 is 0 Å². The van der Waals surface area contributed by atoms with Gasteiger partial charge in [0.2, 0.25) is 0 Å². The van der Waals surface area contributed by atoms with Crippen LogP contribution in [0.15, 0.2) is 12.3 Å². The highest BCUT2D eigenvalue weighted by Crippen LogP contribution is 2.17. The Morgan fingerprint density at radius 2 is 1.78 bits per heavy atom. The fourth-order valence-corrected chi connectivity index (χ4v) is 2.08. The molecule has 0 atom stereocenters. The van der Waals surface area contributed by atoms with E-state index >= 15 is 0 Å². The van der Waals surface area contributed by atoms with Gasteiger partial charge in [-0.1, -0.05) is 13.8 Å². The molecule has 7 heteroatoms. The Morgan fingerprint density at radius 3 is 2.15 bits per heavy atom. The molecule has 160 valence electrons. The first kappa shape index (κ1) is 27.6. The number of amides is 1. The molecule has 0 saturated carbocycles. The van der Waals surface area contributed by atoms with Gasteiger partial charge in [-0.05, 0) is 53.7 Å². The average Bonchev–Trinajstić information content (AvgIpc) is 2.61. The number of nitrogens with one attached hydrogen (secondary N) is 1. The Morgan fingerprint density at radius 1 is 1.22 bits per heavy atom. The van der Waals surface area contributed by atoms with Crippen LogP contribution in [0.1, 0.15) is 60.8 Å². The quantitative estimate of drug-likeness (QED) is 0.533. The number of ketones is 1. The minimum Gasteiger partial charge on any atom is -0.516 e. The first-order valence-corrected chi connectivity index (χ1v) is 9.72. The Balaban J connectivity index is 0. The third-order valence-electron chi connectivity index (χ3n) is 3.31. The number of aliphatic hydroxyl groups excluding tert-OH is 1. The SMILES string of the molecule is CC.CC(=O)C/C=C/O.CNCCOC1CCN(C(=O)OC(C)(C)C)CC1. The van der Waals surface area contributed by atoms with Gasteiger partial charge < -0.3 is 24.8 Å². The maximum absolute atomic E-state index is 11.8. The Bertz CT molecular complexity index is 411. The topological polar surface area (TPSA) is 88.1 Å². The predicted molar refractivity (Wildman–Crippen MR) is 109 cm³/mol. The highest BCUT2D eigenvalue weighted by Gasteiger charge is 2.26. The Hall–Kier alpha value is -1.60. The third kappa shape index (κ3) is 17.6. The van der Waals surface area contributed by atoms with Crippen molar-refractivity contribution in [3.05, 3.63) is 12.3 Å². The number of rotatable bonds is 6. The zero-order valence-electron chi connectivity index (χ0n) is 18.2. The second-order valence-electron chi connectivity index (χ2n) is 6.93. The summed E-state index contributed by atoms with van der Waals surface area (Å²) in [5, 5.41) is 11.0. The van der Waals surface area contributed by atoms with Crippen molar-refractivity contribution in [1.82, 2.24) is 10.2 Å². The molecule has 2 N–H and O–H groups in total. The Labute approximate surface area is 165 Å². The van der Waals surface area contributed by atoms with E-state index in [0.29, 0.717) is 6.42 Å². The van der Waals surface area contributed by atoms with Crippen molar-refractivity contribution >= 4 is 11.9 Å². The summed E-state index contributed by atoms with van der Waals surface area (Å²) >= 11 is 0. The largest absolute Gasteiger partial charge is 0.516 e. The number of hydrogen-bond donors (Lipinski definition) is 2. The first-order chi connectivity index (χ1) is 12.7. The fourth-order valence-electron chi connectivity index (χ4n) is 2.08. The van der Waals surface area contributed by atoms with Gasteiger partial charge in [-0.15, -0.1) is 0 Å². The third-order valence-corrected chi connectivity index (χ3v) is 3.31. The number of allylic oxidation sites excluding steroid dienone is 1. The average molecular weight is 389 g/mol. The molecule has 0 unspecified atom stereocenters. The van der Waals surface area contributed by atoms with Crippen LogP contribution < -0.4 is 5.32 Å². The molecule has 27 heavy (non-hydrogen) atoms. The van der Waals surface area contributed by atoms with E-state index in [1.807, 2.05) is 41.7 Å². The minimum absolute atomic E-state index is 0.0605. The number of carbonyl (C=O) groups excluding carboxylic acids is 2. The van der Waals surface area contributed by atoms with Crippen LogP contribution in [-0.2, 0) is 14.3 Å². The summed E-state index contributed by atoms with van der Waals surface area (Å²) in [6.45, 7) is 14.2. The predicted octanol–water partition coefficient (Wildman–Crippen LogP) is 3.69. The van der Waals surface area contributed by atoms with E-state index < -0.39 is 5.60 Å². The van der Waals surface area contributed by atoms with Crippen molar-refractivity contribution in [2.24, 2.45) is 0 Å². The van der Waals surface area contributed by atoms with Crippen LogP contribution in [0.25, 0.3) is 0 Å². The van der Waals surface area contributed by atoms with Crippen LogP contribution in [0.2, 0.25) is 0 Å². The molecule has 0 aromatic heterocycles. The summed E-state index contributed by atoms with van der Waals surface area (Å²) in [6.07, 6.45) is 4.46. The lowest BCUT2D eigenvalue weighted by molar-refractivity contribution is -0.116. The number of Topliss-reactive ketones (excluding diaryl/α,β-unsaturated/α-hetero) is 1. The summed E-state index contributed by atoms with van der Waals surface area (Å²) < 4.78 is 11.1. The lowest BCUT2D eigenvalue weighted by atomic mass is 10.1. The lowest BCUT2D eigenvalue weighted by Gasteiger charge is -2.33. The van der Waals surface area contributed by atoms with E-state index in [-0.39, 0.29) is 18.0 Å². The van der Waals surface area contributed by atoms with E-state index in [1.54, 1.807) is 4.90 Å². The van der Waals surface area contributed by atoms with Gasteiger partial charge in [-0.3, -0.25) is 4.79 Å². The zero-order chi connectivity index (χ0) is 21.3. The van der Waals surface area contributed by atoms with Crippen LogP contribution in [0.5, 0.6) is 0 Å². The molecule has 7 nitrogen and oxygen atoms in total. The summed E-state index contributed by atoms with van der Waals surface area (Å²) in [5.74, 6) is 0.0605. The number of aliphatic hydroxyl groups is 1. The molecule has 0 aliphatic carbocycles. The van der Waals surface area contributed by atoms with E-state index in [9.17, 15) is 9.59 Å². The van der Waals surface area contributed by atoms with E-state index in [1.165, 1.54) is 13.0 Å². The van der Waals surface area contributed by atoms with Gasteiger partial charge >= 0.3 is 6.09 Å². The number of carbonyl (C=O) groups is 2. The van der Waals surface area contributed by atoms with Crippen LogP contribution in [0.4, 0.5) is 4.79 Å². The van der Waals surface area contributed by atoms with Crippen molar-refractivity contribution in [3.63, 3.8) is 0 Å². The van der Waals surface area contributed by atoms with Crippen LogP contribution in [0.3, 0.4) is 0 Å². The van der Waals surface area contributed by atoms with Crippen molar-refractivity contribution in [2.45, 2.75) is 72.5 Å². The molecule has 0 radical (unpaired) electrons. The van der Waals surface area contributed by atoms with Crippen molar-refractivity contribution in [1.29, 1.82) is 0 Å². The van der Waals surface area contributed by atoms with E-state index in [4.69, 9.17) is 14.6 Å². The molecule has 1 aliphatic rings. The van der Waals surface area contributed by atoms with Crippen LogP contribution in [0, 0.1) is 0 Å². The molecular formula is C20H40N2O5. The normalized spacial score (nSPS) is 14.7. The van der Waals surface area contributed by atoms with Gasteiger partial charge in [0.05, 0.1) is 19.0 Å². The zero-order valence-corrected chi connectivity index (χ0v) is 18.2. The van der Waals surface area contributed by atoms with Gasteiger partial charge in [-0.25, -0.2) is 4.79 Å². The second-order valence-corrected chi connectivity index (χ2v) is 6.93. The van der Waals surface area contributed by atoms with Gasteiger partial charge in [0, 0.05) is 26.1 Å². The highest BCUT2D eigenvalue weighted by molar-refractivity contribution is 5.76. The van der Waals surface area contributed by atoms with E-state index in [2.05, 4.69) is 5.32 Å². The lowest BCUT2D eigenvalue weighted by Crippen LogP contribution is -2.43. The van der Waals surface area contributed by atoms with Gasteiger partial charge in [-0.2, -0.15) is 0 Å². The molecule has 0 spiro atoms. The number of likely N-dealkylation sites (N-methyl/N-ethyl adjacent to an activating group) is 1. The molecule has 1 fully saturated rings. The maximum Gasteiger partial charge on any atom is 0.410 e. The fraction of sp³-hybridized carbons (Fsp3) is 0.800. The molecule has 1 saturated heterocycles. The van der Waals surface area contributed by atoms with E-state index in [0.717, 1.165) is 45.3 Å². The van der Waals surface area contributed by atoms with Gasteiger partial charge in [0.1, 0.15) is 11.4 Å². The first-order valence-electron chi connectivity index (χ1n) is 9.72. The summed E-state index contributed by atoms with van der Waals surface area (Å²) in [7, 11) is 1.91. The number of ether oxygens (including phenoxy) is 2. The maximum atomic E-state index is 11.8. The summed E-state index contributed by atoms with van der Waals surface area (Å²) in [6, 6.07) is 0. The van der Waals surface area contributed by atoms with Crippen LogP contribution in [-0.4, -0.2) is 66.9 Å². The molecular weight excluding hydrogens is 348 g/mol. The smallest absolute Gasteiger partial charge is 0.410 e. The highest BCUT2D eigenvalue weighted by atomic mass is 16.6. The minimum atomic E-state index is -0.419. The molecule has 1 amide bonds. The number of piperidine rings is 1. The standard InChI is InChI=1S/C13H26N2O3.C5H8O2.C2H6/c1-13(2,3)18-12(16)15-8-5-11(6-9-15)17-10-7-14-4;1-5(7)3-2-4-6;1-2/h11,14H,5-10H2,1-4H3;2,4,6H,3H2,1H3;1-2H3/b;4-2+;. The molecule has 1 aliphatic heterocycles. The van der Waals surface area contributed by atoms with Crippen molar-refractivity contribution in [3.8, 4) is 0 Å². The number of hydrogen-bond acceptors (Lipinski definition) is 6. The second kappa shape index (κ2) is 16.6. The summed E-state index contributed by atoms with van der Waals surface area (Å²) in [5.41, 5.74) is -0.419. The van der Waals surface area contributed by atoms with Gasteiger partial charge in [0.15, 0.2) is 0 Å². The molecule has 0 aromatic rings. The number of likely N-dealkylation sites (tertiary alicyclic amines) is 1. The summed E-state index contributed by atoms with van der Waals surface area (Å²) in [4.78, 5) is 23.6. The molecule has 1 rings (SSSR count).